The lowest BCUT2D eigenvalue weighted by molar-refractivity contribution is -0.153. The third kappa shape index (κ3) is 9.01. The summed E-state index contributed by atoms with van der Waals surface area (Å²) >= 11 is 0. The van der Waals surface area contributed by atoms with Gasteiger partial charge in [-0.2, -0.15) is 13.2 Å². The maximum atomic E-state index is 12.2. The third-order valence-electron chi connectivity index (χ3n) is 2.66. The molecule has 0 atom stereocenters. The first-order valence-corrected chi connectivity index (χ1v) is 6.75. The lowest BCUT2D eigenvalue weighted by Crippen LogP contribution is -2.34. The number of nitrogens with zero attached hydrogens (tertiary/aromatic N) is 1. The van der Waals surface area contributed by atoms with Gasteiger partial charge >= 0.3 is 6.18 Å². The number of ether oxygens (including phenoxy) is 3. The van der Waals surface area contributed by atoms with Gasteiger partial charge in [-0.05, 0) is 17.7 Å². The van der Waals surface area contributed by atoms with E-state index in [-0.39, 0.29) is 48.0 Å². The minimum Gasteiger partial charge on any atom is -0.493 e. The molecule has 0 spiro atoms. The van der Waals surface area contributed by atoms with Gasteiger partial charge in [0.2, 0.25) is 0 Å². The Bertz CT molecular complexity index is 528. The summed E-state index contributed by atoms with van der Waals surface area (Å²) in [7, 11) is 2.92. The Morgan fingerprint density at radius 1 is 1.25 bits per heavy atom. The van der Waals surface area contributed by atoms with Gasteiger partial charge in [-0.1, -0.05) is 6.07 Å². The van der Waals surface area contributed by atoms with E-state index in [1.165, 1.54) is 13.2 Å². The molecule has 0 saturated heterocycles. The van der Waals surface area contributed by atoms with Crippen molar-refractivity contribution in [1.82, 2.24) is 5.32 Å². The molecule has 0 saturated carbocycles. The van der Waals surface area contributed by atoms with Crippen LogP contribution in [0.5, 0.6) is 11.5 Å². The zero-order valence-electron chi connectivity index (χ0n) is 13.4. The van der Waals surface area contributed by atoms with Gasteiger partial charge in [0, 0.05) is 13.7 Å². The zero-order chi connectivity index (χ0) is 17.3. The number of aliphatic imine (C=N–C) groups is 1. The molecule has 0 fully saturated rings. The Hall–Kier alpha value is -1.43. The molecule has 0 amide bonds. The van der Waals surface area contributed by atoms with Gasteiger partial charge in [0.05, 0.1) is 20.3 Å². The van der Waals surface area contributed by atoms with E-state index in [4.69, 9.17) is 19.9 Å². The zero-order valence-corrected chi connectivity index (χ0v) is 15.7. The van der Waals surface area contributed by atoms with Crippen molar-refractivity contribution >= 4 is 29.9 Å². The molecule has 24 heavy (non-hydrogen) atoms. The van der Waals surface area contributed by atoms with Gasteiger partial charge < -0.3 is 25.3 Å². The number of methoxy groups -OCH3 is 2. The molecule has 1 aromatic rings. The van der Waals surface area contributed by atoms with E-state index in [2.05, 4.69) is 10.3 Å². The molecule has 0 aliphatic heterocycles. The molecule has 0 unspecified atom stereocenters. The first-order valence-electron chi connectivity index (χ1n) is 6.75. The summed E-state index contributed by atoms with van der Waals surface area (Å²) in [6.07, 6.45) is -4.41. The van der Waals surface area contributed by atoms with Crippen LogP contribution in [0.1, 0.15) is 5.56 Å². The van der Waals surface area contributed by atoms with E-state index < -0.39 is 12.8 Å². The second kappa shape index (κ2) is 11.2. The van der Waals surface area contributed by atoms with Gasteiger partial charge in [-0.15, -0.1) is 24.0 Å². The highest BCUT2D eigenvalue weighted by Gasteiger charge is 2.29. The topological polar surface area (TPSA) is 78.1 Å². The molecule has 3 N–H and O–H groups in total. The number of rotatable bonds is 8. The van der Waals surface area contributed by atoms with Crippen LogP contribution >= 0.6 is 24.0 Å². The molecule has 0 bridgehead atoms. The predicted molar refractivity (Wildman–Crippen MR) is 95.2 cm³/mol. The number of guanidine groups is 1. The van der Waals surface area contributed by atoms with Crippen molar-refractivity contribution in [1.29, 1.82) is 0 Å². The molecule has 0 radical (unpaired) electrons. The van der Waals surface area contributed by atoms with Crippen LogP contribution in [-0.4, -0.2) is 46.1 Å². The Morgan fingerprint density at radius 2 is 1.96 bits per heavy atom. The molecule has 0 aromatic heterocycles. The molecular formula is C14H21F3IN3O3. The largest absolute Gasteiger partial charge is 0.493 e. The van der Waals surface area contributed by atoms with Gasteiger partial charge in [-0.25, -0.2) is 4.99 Å². The summed E-state index contributed by atoms with van der Waals surface area (Å²) < 4.78 is 51.1. The molecule has 0 heterocycles. The van der Waals surface area contributed by atoms with Crippen LogP contribution in [0.4, 0.5) is 13.2 Å². The SMILES string of the molecule is COCCNC(N)=NCc1ccc(OCC(F)(F)F)c(OC)c1.I. The minimum absolute atomic E-state index is 0. The summed E-state index contributed by atoms with van der Waals surface area (Å²) in [6, 6.07) is 4.56. The molecule has 1 rings (SSSR count). The summed E-state index contributed by atoms with van der Waals surface area (Å²) in [5.74, 6) is 0.468. The van der Waals surface area contributed by atoms with Crippen LogP contribution in [0, 0.1) is 0 Å². The molecule has 6 nitrogen and oxygen atoms in total. The summed E-state index contributed by atoms with van der Waals surface area (Å²) in [4.78, 5) is 4.11. The maximum absolute atomic E-state index is 12.2. The lowest BCUT2D eigenvalue weighted by Gasteiger charge is -2.13. The monoisotopic (exact) mass is 463 g/mol. The predicted octanol–water partition coefficient (Wildman–Crippen LogP) is 2.31. The first-order chi connectivity index (χ1) is 10.9. The molecule has 10 heteroatoms. The average Bonchev–Trinajstić information content (AvgIpc) is 2.50. The second-order valence-electron chi connectivity index (χ2n) is 4.51. The third-order valence-corrected chi connectivity index (χ3v) is 2.66. The van der Waals surface area contributed by atoms with E-state index in [1.807, 2.05) is 0 Å². The minimum atomic E-state index is -4.41. The Balaban J connectivity index is 0.00000529. The average molecular weight is 463 g/mol. The highest BCUT2D eigenvalue weighted by molar-refractivity contribution is 14.0. The van der Waals surface area contributed by atoms with Crippen LogP contribution in [0.15, 0.2) is 23.2 Å². The maximum Gasteiger partial charge on any atom is 0.422 e. The first kappa shape index (κ1) is 22.6. The van der Waals surface area contributed by atoms with E-state index in [1.54, 1.807) is 19.2 Å². The van der Waals surface area contributed by atoms with Crippen LogP contribution in [0.3, 0.4) is 0 Å². The molecule has 1 aromatic carbocycles. The van der Waals surface area contributed by atoms with Gasteiger partial charge in [0.1, 0.15) is 0 Å². The van der Waals surface area contributed by atoms with E-state index >= 15 is 0 Å². The lowest BCUT2D eigenvalue weighted by atomic mass is 10.2. The standard InChI is InChI=1S/C14H20F3N3O3.HI/c1-21-6-5-19-13(18)20-8-10-3-4-11(12(7-10)22-2)23-9-14(15,16)17;/h3-4,7H,5-6,8-9H2,1-2H3,(H3,18,19,20);1H. The highest BCUT2D eigenvalue weighted by Crippen LogP contribution is 2.30. The Kier molecular flexibility index (Phi) is 10.5. The smallest absolute Gasteiger partial charge is 0.422 e. The van der Waals surface area contributed by atoms with Crippen molar-refractivity contribution in [2.75, 3.05) is 34.0 Å². The number of benzene rings is 1. The van der Waals surface area contributed by atoms with Crippen molar-refractivity contribution in [3.05, 3.63) is 23.8 Å². The number of hydrogen-bond acceptors (Lipinski definition) is 4. The van der Waals surface area contributed by atoms with Gasteiger partial charge in [0.15, 0.2) is 24.1 Å². The fourth-order valence-electron chi connectivity index (χ4n) is 1.60. The highest BCUT2D eigenvalue weighted by atomic mass is 127. The van der Waals surface area contributed by atoms with E-state index in [9.17, 15) is 13.2 Å². The Morgan fingerprint density at radius 3 is 2.54 bits per heavy atom. The van der Waals surface area contributed by atoms with E-state index in [0.29, 0.717) is 13.2 Å². The number of nitrogens with two attached hydrogens (primary N) is 1. The van der Waals surface area contributed by atoms with Crippen molar-refractivity contribution in [3.63, 3.8) is 0 Å². The molecular weight excluding hydrogens is 442 g/mol. The Labute approximate surface area is 155 Å². The van der Waals surface area contributed by atoms with Crippen molar-refractivity contribution in [2.24, 2.45) is 10.7 Å². The fraction of sp³-hybridized carbons (Fsp3) is 0.500. The fourth-order valence-corrected chi connectivity index (χ4v) is 1.60. The molecule has 138 valence electrons. The van der Waals surface area contributed by atoms with Crippen molar-refractivity contribution < 1.29 is 27.4 Å². The van der Waals surface area contributed by atoms with Crippen LogP contribution in [0.25, 0.3) is 0 Å². The number of hydrogen-bond donors (Lipinski definition) is 2. The van der Waals surface area contributed by atoms with Gasteiger partial charge in [0.25, 0.3) is 0 Å². The van der Waals surface area contributed by atoms with Crippen LogP contribution in [-0.2, 0) is 11.3 Å². The van der Waals surface area contributed by atoms with Crippen LogP contribution < -0.4 is 20.5 Å². The second-order valence-corrected chi connectivity index (χ2v) is 4.51. The number of halogens is 4. The number of nitrogens with one attached hydrogen (secondary N) is 1. The van der Waals surface area contributed by atoms with Crippen LogP contribution in [0.2, 0.25) is 0 Å². The van der Waals surface area contributed by atoms with Crippen molar-refractivity contribution in [2.45, 2.75) is 12.7 Å². The normalized spacial score (nSPS) is 11.6. The van der Waals surface area contributed by atoms with E-state index in [0.717, 1.165) is 5.56 Å². The van der Waals surface area contributed by atoms with Crippen molar-refractivity contribution in [3.8, 4) is 11.5 Å². The van der Waals surface area contributed by atoms with Gasteiger partial charge in [-0.3, -0.25) is 0 Å². The summed E-state index contributed by atoms with van der Waals surface area (Å²) in [5, 5.41) is 2.85. The molecule has 0 aliphatic carbocycles. The summed E-state index contributed by atoms with van der Waals surface area (Å²) in [5.41, 5.74) is 6.38. The quantitative estimate of drug-likeness (QED) is 0.268. The summed E-state index contributed by atoms with van der Waals surface area (Å²) in [6.45, 7) is -0.104. The number of alkyl halides is 3. The molecule has 0 aliphatic rings.